The summed E-state index contributed by atoms with van der Waals surface area (Å²) >= 11 is -3.09. The summed E-state index contributed by atoms with van der Waals surface area (Å²) in [5, 5.41) is 2.65. The number of amides is 3. The quantitative estimate of drug-likeness (QED) is 0.283. The van der Waals surface area contributed by atoms with Crippen LogP contribution in [-0.4, -0.2) is 56.0 Å². The van der Waals surface area contributed by atoms with Crippen LogP contribution in [0.4, 0.5) is 4.79 Å². The van der Waals surface area contributed by atoms with E-state index in [1.165, 1.54) is 13.8 Å². The van der Waals surface area contributed by atoms with Crippen LogP contribution < -0.4 is 23.6 Å². The zero-order chi connectivity index (χ0) is 15.4. The van der Waals surface area contributed by atoms with Gasteiger partial charge in [0, 0.05) is 0 Å². The van der Waals surface area contributed by atoms with E-state index in [2.05, 4.69) is 5.32 Å². The second kappa shape index (κ2) is 7.25. The van der Waals surface area contributed by atoms with Crippen LogP contribution in [0, 0.1) is 0 Å². The third-order valence-electron chi connectivity index (χ3n) is 2.75. The average molecular weight is 421 g/mol. The molecule has 1 aliphatic rings. The van der Waals surface area contributed by atoms with Gasteiger partial charge in [0.1, 0.15) is 0 Å². The number of carbonyl (C=O) groups is 2. The Labute approximate surface area is 127 Å². The Bertz CT molecular complexity index is 368. The van der Waals surface area contributed by atoms with Crippen LogP contribution >= 0.6 is 8.93 Å². The standard InChI is InChI=1S/C11H22IN2O5S/c1-11(2)9(15)14(10(16)13-11)7-6-8-20-12(17-3,18-4)19-5/h6-8H2,1-5H3,(H,13,16)/q-1. The fourth-order valence-corrected chi connectivity index (χ4v) is 8.33. The number of nitrogens with one attached hydrogen (secondary N) is 1. The molecular formula is C11H22IN2O5S-. The van der Waals surface area contributed by atoms with E-state index in [9.17, 15) is 9.59 Å². The molecule has 0 atom stereocenters. The molecule has 120 valence electrons. The monoisotopic (exact) mass is 421 g/mol. The van der Waals surface area contributed by atoms with E-state index in [1.54, 1.807) is 35.2 Å². The molecule has 0 saturated carbocycles. The van der Waals surface area contributed by atoms with Crippen molar-refractivity contribution in [3.05, 3.63) is 0 Å². The summed E-state index contributed by atoms with van der Waals surface area (Å²) in [6, 6.07) is -0.331. The third-order valence-corrected chi connectivity index (χ3v) is 12.8. The van der Waals surface area contributed by atoms with Gasteiger partial charge < -0.3 is 0 Å². The second-order valence-corrected chi connectivity index (χ2v) is 14.3. The minimum absolute atomic E-state index is 0.190. The fraction of sp³-hybridized carbons (Fsp3) is 0.818. The Morgan fingerprint density at radius 2 is 1.75 bits per heavy atom. The maximum atomic E-state index is 12.0. The number of imide groups is 1. The fourth-order valence-electron chi connectivity index (χ4n) is 1.72. The number of hydrogen-bond donors (Lipinski definition) is 1. The van der Waals surface area contributed by atoms with E-state index in [4.69, 9.17) is 9.20 Å². The van der Waals surface area contributed by atoms with Gasteiger partial charge in [-0.15, -0.1) is 0 Å². The van der Waals surface area contributed by atoms with Gasteiger partial charge in [-0.3, -0.25) is 0 Å². The summed E-state index contributed by atoms with van der Waals surface area (Å²) < 4.78 is 16.0. The molecular weight excluding hydrogens is 399 g/mol. The summed E-state index contributed by atoms with van der Waals surface area (Å²) in [4.78, 5) is 24.9. The number of rotatable bonds is 8. The van der Waals surface area contributed by atoms with Crippen molar-refractivity contribution in [2.24, 2.45) is 0 Å². The van der Waals surface area contributed by atoms with Crippen LogP contribution in [0.2, 0.25) is 0 Å². The predicted molar refractivity (Wildman–Crippen MR) is 72.4 cm³/mol. The predicted octanol–water partition coefficient (Wildman–Crippen LogP) is -1.80. The van der Waals surface area contributed by atoms with Gasteiger partial charge in [0.25, 0.3) is 0 Å². The first kappa shape index (κ1) is 18.0. The van der Waals surface area contributed by atoms with Gasteiger partial charge in [0.2, 0.25) is 0 Å². The number of carbonyl (C=O) groups excluding carboxylic acids is 2. The third kappa shape index (κ3) is 3.97. The summed E-state index contributed by atoms with van der Waals surface area (Å²) in [6.07, 6.45) is 0.668. The zero-order valence-electron chi connectivity index (χ0n) is 12.4. The maximum absolute atomic E-state index is 12.0. The molecule has 1 N–H and O–H groups in total. The van der Waals surface area contributed by atoms with Crippen LogP contribution in [0.15, 0.2) is 0 Å². The molecule has 0 bridgehead atoms. The molecule has 1 rings (SSSR count). The SMILES string of the molecule is CO[I-](OC)(OC)SCCCN1C(=O)NC(C)(C)C1=O. The number of nitrogens with zero attached hydrogens (tertiary/aromatic N) is 1. The molecule has 1 heterocycles. The van der Waals surface area contributed by atoms with E-state index in [0.717, 1.165) is 0 Å². The Morgan fingerprint density at radius 1 is 1.20 bits per heavy atom. The first-order valence-corrected chi connectivity index (χ1v) is 12.2. The van der Waals surface area contributed by atoms with Gasteiger partial charge in [-0.05, 0) is 0 Å². The van der Waals surface area contributed by atoms with Crippen LogP contribution in [0.3, 0.4) is 0 Å². The number of hydrogen-bond acceptors (Lipinski definition) is 6. The molecule has 20 heavy (non-hydrogen) atoms. The van der Waals surface area contributed by atoms with Crippen molar-refractivity contribution in [1.82, 2.24) is 10.2 Å². The van der Waals surface area contributed by atoms with E-state index in [-0.39, 0.29) is 11.9 Å². The van der Waals surface area contributed by atoms with E-state index in [0.29, 0.717) is 18.7 Å². The Balaban J connectivity index is 2.42. The van der Waals surface area contributed by atoms with Crippen LogP contribution in [0.5, 0.6) is 0 Å². The molecule has 9 heteroatoms. The molecule has 3 amide bonds. The van der Waals surface area contributed by atoms with Gasteiger partial charge in [-0.25, -0.2) is 0 Å². The van der Waals surface area contributed by atoms with Crippen LogP contribution in [-0.2, 0) is 14.0 Å². The summed E-state index contributed by atoms with van der Waals surface area (Å²) in [7, 11) is 6.20. The summed E-state index contributed by atoms with van der Waals surface area (Å²) in [5.74, 6) is 0.508. The molecule has 1 fully saturated rings. The van der Waals surface area contributed by atoms with Crippen molar-refractivity contribution in [1.29, 1.82) is 0 Å². The van der Waals surface area contributed by atoms with Crippen molar-refractivity contribution in [2.75, 3.05) is 33.6 Å². The Kier molecular flexibility index (Phi) is 6.51. The Morgan fingerprint density at radius 3 is 2.15 bits per heavy atom. The van der Waals surface area contributed by atoms with Crippen molar-refractivity contribution in [2.45, 2.75) is 25.8 Å². The van der Waals surface area contributed by atoms with E-state index < -0.39 is 23.8 Å². The number of urea groups is 1. The molecule has 0 unspecified atom stereocenters. The first-order chi connectivity index (χ1) is 9.32. The second-order valence-electron chi connectivity index (χ2n) is 4.52. The van der Waals surface area contributed by atoms with E-state index in [1.807, 2.05) is 0 Å². The van der Waals surface area contributed by atoms with Crippen LogP contribution in [0.1, 0.15) is 20.3 Å². The topological polar surface area (TPSA) is 77.1 Å². The van der Waals surface area contributed by atoms with Crippen molar-refractivity contribution in [3.63, 3.8) is 0 Å². The van der Waals surface area contributed by atoms with E-state index >= 15 is 0 Å². The van der Waals surface area contributed by atoms with Crippen molar-refractivity contribution < 1.29 is 37.1 Å². The molecule has 1 aliphatic heterocycles. The molecule has 0 aromatic carbocycles. The molecule has 7 nitrogen and oxygen atoms in total. The number of halogens is 1. The zero-order valence-corrected chi connectivity index (χ0v) is 15.4. The average Bonchev–Trinajstić information content (AvgIpc) is 2.61. The van der Waals surface area contributed by atoms with Gasteiger partial charge in [0.15, 0.2) is 0 Å². The normalized spacial score (nSPS) is 19.4. The first-order valence-electron chi connectivity index (χ1n) is 6.05. The van der Waals surface area contributed by atoms with Gasteiger partial charge in [-0.1, -0.05) is 0 Å². The van der Waals surface area contributed by atoms with Gasteiger partial charge in [-0.2, -0.15) is 0 Å². The van der Waals surface area contributed by atoms with Gasteiger partial charge in [0.05, 0.1) is 0 Å². The molecule has 0 spiro atoms. The molecule has 0 aromatic rings. The Hall–Kier alpha value is -0.100. The molecule has 0 aliphatic carbocycles. The van der Waals surface area contributed by atoms with Gasteiger partial charge >= 0.3 is 128 Å². The molecule has 1 saturated heterocycles. The van der Waals surface area contributed by atoms with Crippen molar-refractivity contribution in [3.8, 4) is 0 Å². The summed E-state index contributed by atoms with van der Waals surface area (Å²) in [5.41, 5.74) is -0.809. The minimum atomic E-state index is -3.09. The van der Waals surface area contributed by atoms with Crippen molar-refractivity contribution >= 4 is 20.9 Å². The molecule has 0 radical (unpaired) electrons. The summed E-state index contributed by atoms with van der Waals surface area (Å²) in [6.45, 7) is 3.78. The van der Waals surface area contributed by atoms with Crippen LogP contribution in [0.25, 0.3) is 0 Å². The molecule has 0 aromatic heterocycles.